The van der Waals surface area contributed by atoms with Crippen LogP contribution in [0.15, 0.2) is 59.6 Å². The van der Waals surface area contributed by atoms with E-state index in [2.05, 4.69) is 20.7 Å². The molecule has 2 bridgehead atoms. The Labute approximate surface area is 252 Å². The third-order valence-corrected chi connectivity index (χ3v) is 11.5. The van der Waals surface area contributed by atoms with Crippen molar-refractivity contribution in [2.24, 2.45) is 0 Å². The van der Waals surface area contributed by atoms with Crippen LogP contribution in [-0.4, -0.2) is 36.9 Å². The van der Waals surface area contributed by atoms with E-state index < -0.39 is 21.6 Å². The van der Waals surface area contributed by atoms with E-state index in [0.29, 0.717) is 11.3 Å². The first-order valence-electron chi connectivity index (χ1n) is 14.3. The highest BCUT2D eigenvalue weighted by molar-refractivity contribution is 7.89. The van der Waals surface area contributed by atoms with Crippen molar-refractivity contribution in [1.29, 1.82) is 0 Å². The molecule has 224 valence electrons. The lowest BCUT2D eigenvalue weighted by atomic mass is 9.57. The summed E-state index contributed by atoms with van der Waals surface area (Å²) in [4.78, 5) is 29.6. The maximum absolute atomic E-state index is 13.7. The fraction of sp³-hybridized carbons (Fsp3) is 0.452. The molecule has 3 aromatic rings. The third kappa shape index (κ3) is 6.38. The molecule has 1 heterocycles. The molecule has 4 N–H and O–H groups in total. The Morgan fingerprint density at radius 1 is 1.02 bits per heavy atom. The molecule has 3 aliphatic rings. The van der Waals surface area contributed by atoms with Crippen molar-refractivity contribution in [1.82, 2.24) is 20.3 Å². The van der Waals surface area contributed by atoms with E-state index in [0.717, 1.165) is 60.4 Å². The number of anilines is 1. The zero-order valence-corrected chi connectivity index (χ0v) is 26.1. The molecule has 3 saturated carbocycles. The number of hydrogen-bond acceptors (Lipinski definition) is 6. The van der Waals surface area contributed by atoms with Gasteiger partial charge in [0, 0.05) is 33.9 Å². The second-order valence-electron chi connectivity index (χ2n) is 12.6. The first-order valence-corrected chi connectivity index (χ1v) is 16.6. The number of nitrogens with zero attached hydrogens (tertiary/aromatic N) is 1. The smallest absolute Gasteiger partial charge is 0.319 e. The van der Waals surface area contributed by atoms with Crippen LogP contribution in [0.2, 0.25) is 0 Å². The normalized spacial score (nSPS) is 22.8. The van der Waals surface area contributed by atoms with Gasteiger partial charge >= 0.3 is 6.03 Å². The summed E-state index contributed by atoms with van der Waals surface area (Å²) in [6.07, 6.45) is 8.16. The summed E-state index contributed by atoms with van der Waals surface area (Å²) >= 11 is 1.53. The lowest BCUT2D eigenvalue weighted by molar-refractivity contribution is -0.112. The van der Waals surface area contributed by atoms with E-state index in [1.807, 2.05) is 37.3 Å². The van der Waals surface area contributed by atoms with Gasteiger partial charge < -0.3 is 16.0 Å². The second kappa shape index (κ2) is 11.4. The summed E-state index contributed by atoms with van der Waals surface area (Å²) in [7, 11) is -3.95. The van der Waals surface area contributed by atoms with E-state index in [9.17, 15) is 18.0 Å². The van der Waals surface area contributed by atoms with Crippen LogP contribution in [0.5, 0.6) is 0 Å². The van der Waals surface area contributed by atoms with Crippen molar-refractivity contribution in [3.8, 4) is 10.4 Å². The van der Waals surface area contributed by atoms with Gasteiger partial charge in [-0.1, -0.05) is 36.4 Å². The number of amides is 3. The zero-order chi connectivity index (χ0) is 30.2. The summed E-state index contributed by atoms with van der Waals surface area (Å²) in [5.74, 6) is 0. The SMILES string of the molecule is CC(NC(=O)Nc1ccc(-c2cnc(C34CCC(NC=O)(CC3)CC4)s2)c(S(=O)(=O)NC(C)(C)C)c1)c1ccccc1. The number of fused-ring (bicyclic) bond motifs is 3. The van der Waals surface area contributed by atoms with Crippen LogP contribution in [0.3, 0.4) is 0 Å². The molecule has 6 rings (SSSR count). The van der Waals surface area contributed by atoms with Gasteiger partial charge in [-0.2, -0.15) is 0 Å². The van der Waals surface area contributed by atoms with Gasteiger partial charge in [0.1, 0.15) is 0 Å². The number of urea groups is 1. The fourth-order valence-electron chi connectivity index (χ4n) is 6.16. The number of benzene rings is 2. The van der Waals surface area contributed by atoms with Crippen LogP contribution in [0, 0.1) is 0 Å². The van der Waals surface area contributed by atoms with Crippen molar-refractivity contribution in [3.05, 3.63) is 65.3 Å². The van der Waals surface area contributed by atoms with Gasteiger partial charge in [-0.05, 0) is 83.9 Å². The minimum Gasteiger partial charge on any atom is -0.353 e. The molecule has 0 radical (unpaired) electrons. The van der Waals surface area contributed by atoms with E-state index >= 15 is 0 Å². The molecule has 0 saturated heterocycles. The van der Waals surface area contributed by atoms with Crippen molar-refractivity contribution in [2.75, 3.05) is 5.32 Å². The Morgan fingerprint density at radius 3 is 2.31 bits per heavy atom. The summed E-state index contributed by atoms with van der Waals surface area (Å²) < 4.78 is 30.1. The largest absolute Gasteiger partial charge is 0.353 e. The molecule has 11 heteroatoms. The number of carbonyl (C=O) groups excluding carboxylic acids is 2. The van der Waals surface area contributed by atoms with Crippen molar-refractivity contribution in [3.63, 3.8) is 0 Å². The number of rotatable bonds is 9. The zero-order valence-electron chi connectivity index (χ0n) is 24.5. The molecule has 0 aliphatic heterocycles. The molecule has 3 aliphatic carbocycles. The average Bonchev–Trinajstić information content (AvgIpc) is 3.44. The monoisotopic (exact) mass is 609 g/mol. The van der Waals surface area contributed by atoms with Crippen molar-refractivity contribution >= 4 is 39.5 Å². The molecule has 9 nitrogen and oxygen atoms in total. The van der Waals surface area contributed by atoms with Crippen LogP contribution in [0.25, 0.3) is 10.4 Å². The van der Waals surface area contributed by atoms with Crippen LogP contribution >= 0.6 is 11.3 Å². The Hall–Kier alpha value is -3.28. The molecule has 1 unspecified atom stereocenters. The van der Waals surface area contributed by atoms with Gasteiger partial charge in [0.2, 0.25) is 16.4 Å². The van der Waals surface area contributed by atoms with Gasteiger partial charge in [-0.15, -0.1) is 11.3 Å². The minimum absolute atomic E-state index is 0.0487. The second-order valence-corrected chi connectivity index (χ2v) is 15.3. The Kier molecular flexibility index (Phi) is 8.21. The minimum atomic E-state index is -3.95. The lowest BCUT2D eigenvalue weighted by Gasteiger charge is -2.52. The van der Waals surface area contributed by atoms with E-state index in [4.69, 9.17) is 4.98 Å². The van der Waals surface area contributed by atoms with Gasteiger partial charge in [0.05, 0.1) is 20.8 Å². The van der Waals surface area contributed by atoms with Crippen LogP contribution in [-0.2, 0) is 20.2 Å². The van der Waals surface area contributed by atoms with E-state index in [1.165, 1.54) is 17.4 Å². The molecule has 2 aromatic carbocycles. The van der Waals surface area contributed by atoms with Crippen molar-refractivity contribution in [2.45, 2.75) is 93.7 Å². The predicted molar refractivity (Wildman–Crippen MR) is 166 cm³/mol. The molecule has 42 heavy (non-hydrogen) atoms. The number of thiazole rings is 1. The fourth-order valence-corrected chi connectivity index (χ4v) is 9.12. The highest BCUT2D eigenvalue weighted by atomic mass is 32.2. The maximum Gasteiger partial charge on any atom is 0.319 e. The molecule has 0 spiro atoms. The average molecular weight is 610 g/mol. The number of hydrogen-bond donors (Lipinski definition) is 4. The molecule has 1 atom stereocenters. The first-order chi connectivity index (χ1) is 19.8. The molecule has 3 fully saturated rings. The summed E-state index contributed by atoms with van der Waals surface area (Å²) in [6.45, 7) is 7.26. The van der Waals surface area contributed by atoms with Crippen LogP contribution in [0.1, 0.15) is 82.8 Å². The summed E-state index contributed by atoms with van der Waals surface area (Å²) in [6, 6.07) is 13.9. The van der Waals surface area contributed by atoms with Crippen LogP contribution in [0.4, 0.5) is 10.5 Å². The quantitative estimate of drug-likeness (QED) is 0.226. The number of nitrogens with one attached hydrogen (secondary N) is 4. The van der Waals surface area contributed by atoms with Gasteiger partial charge in [0.15, 0.2) is 0 Å². The highest BCUT2D eigenvalue weighted by Gasteiger charge is 2.50. The third-order valence-electron chi connectivity index (χ3n) is 8.45. The number of aromatic nitrogens is 1. The van der Waals surface area contributed by atoms with Crippen LogP contribution < -0.4 is 20.7 Å². The predicted octanol–water partition coefficient (Wildman–Crippen LogP) is 5.86. The summed E-state index contributed by atoms with van der Waals surface area (Å²) in [5, 5.41) is 9.78. The topological polar surface area (TPSA) is 129 Å². The lowest BCUT2D eigenvalue weighted by Crippen LogP contribution is -2.55. The Bertz CT molecular complexity index is 1540. The molecule has 3 amide bonds. The molecule has 1 aromatic heterocycles. The van der Waals surface area contributed by atoms with Gasteiger partial charge in [-0.25, -0.2) is 22.9 Å². The van der Waals surface area contributed by atoms with Crippen molar-refractivity contribution < 1.29 is 18.0 Å². The van der Waals surface area contributed by atoms with Gasteiger partial charge in [-0.3, -0.25) is 4.79 Å². The maximum atomic E-state index is 13.7. The standard InChI is InChI=1S/C31H39N5O4S2/c1-21(22-8-6-5-7-9-22)34-28(38)35-23-10-11-24(26(18-23)42(39,40)36-29(2,3)4)25-19-32-27(41-25)30-12-15-31(16-13-30,17-14-30)33-20-37/h5-11,18-21,36H,12-17H2,1-4H3,(H,33,37)(H2,34,35,38). The highest BCUT2D eigenvalue weighted by Crippen LogP contribution is 2.54. The number of sulfonamides is 1. The van der Waals surface area contributed by atoms with Gasteiger partial charge in [0.25, 0.3) is 0 Å². The van der Waals surface area contributed by atoms with E-state index in [-0.39, 0.29) is 21.9 Å². The Morgan fingerprint density at radius 2 is 1.69 bits per heavy atom. The first kappa shape index (κ1) is 30.2. The van der Waals surface area contributed by atoms with E-state index in [1.54, 1.807) is 39.1 Å². The Balaban J connectivity index is 1.42. The number of carbonyl (C=O) groups is 2. The summed E-state index contributed by atoms with van der Waals surface area (Å²) in [5.41, 5.74) is 1.02. The molecular weight excluding hydrogens is 571 g/mol. The molecular formula is C31H39N5O4S2.